The minimum atomic E-state index is -0.387. The number of hydrogen-bond acceptors (Lipinski definition) is 4. The van der Waals surface area contributed by atoms with Gasteiger partial charge in [-0.3, -0.25) is 10.1 Å². The zero-order valence-electron chi connectivity index (χ0n) is 10.9. The van der Waals surface area contributed by atoms with Gasteiger partial charge in [-0.2, -0.15) is 0 Å². The highest BCUT2D eigenvalue weighted by molar-refractivity contribution is 5.82. The van der Waals surface area contributed by atoms with Crippen LogP contribution in [0.1, 0.15) is 12.6 Å². The minimum absolute atomic E-state index is 0.101. The van der Waals surface area contributed by atoms with Crippen molar-refractivity contribution in [3.63, 3.8) is 0 Å². The first-order valence-corrected chi connectivity index (χ1v) is 6.29. The van der Waals surface area contributed by atoms with Crippen LogP contribution in [0.2, 0.25) is 0 Å². The van der Waals surface area contributed by atoms with Crippen LogP contribution in [0, 0.1) is 10.1 Å². The third kappa shape index (κ3) is 2.13. The largest absolute Gasteiger partial charge is 0.327 e. The molecule has 102 valence electrons. The van der Waals surface area contributed by atoms with Crippen LogP contribution in [0.3, 0.4) is 0 Å². The van der Waals surface area contributed by atoms with Gasteiger partial charge in [-0.15, -0.1) is 5.10 Å². The van der Waals surface area contributed by atoms with E-state index in [0.29, 0.717) is 6.67 Å². The molecule has 1 aromatic carbocycles. The molecule has 0 unspecified atom stereocenters. The number of aromatic nitrogens is 4. The number of rotatable bonds is 4. The summed E-state index contributed by atoms with van der Waals surface area (Å²) in [6.07, 6.45) is 4.64. The van der Waals surface area contributed by atoms with Crippen molar-refractivity contribution >= 4 is 16.6 Å². The number of nitro groups is 1. The van der Waals surface area contributed by atoms with Crippen molar-refractivity contribution in [3.05, 3.63) is 52.5 Å². The molecule has 0 amide bonds. The number of nitrogens with zero attached hydrogens (tertiary/aromatic N) is 5. The molecule has 3 rings (SSSR count). The van der Waals surface area contributed by atoms with Crippen LogP contribution in [0.25, 0.3) is 10.9 Å². The fraction of sp³-hybridized carbons (Fsp3) is 0.231. The molecule has 2 aromatic heterocycles. The van der Waals surface area contributed by atoms with Gasteiger partial charge in [-0.05, 0) is 18.6 Å². The average molecular weight is 271 g/mol. The van der Waals surface area contributed by atoms with Crippen LogP contribution in [0.4, 0.5) is 5.69 Å². The van der Waals surface area contributed by atoms with Crippen LogP contribution in [0.15, 0.2) is 36.7 Å². The molecule has 0 N–H and O–H groups in total. The van der Waals surface area contributed by atoms with Gasteiger partial charge < -0.3 is 4.57 Å². The summed E-state index contributed by atoms with van der Waals surface area (Å²) >= 11 is 0. The van der Waals surface area contributed by atoms with Gasteiger partial charge in [0.15, 0.2) is 0 Å². The first-order chi connectivity index (χ1) is 9.67. The number of benzene rings is 1. The zero-order valence-corrected chi connectivity index (χ0v) is 10.9. The van der Waals surface area contributed by atoms with E-state index in [4.69, 9.17) is 0 Å². The molecular weight excluding hydrogens is 258 g/mol. The highest BCUT2D eigenvalue weighted by atomic mass is 16.6. The smallest absolute Gasteiger partial charge is 0.270 e. The molecule has 0 radical (unpaired) electrons. The molecule has 0 fully saturated rings. The lowest BCUT2D eigenvalue weighted by molar-refractivity contribution is -0.384. The maximum Gasteiger partial charge on any atom is 0.270 e. The van der Waals surface area contributed by atoms with E-state index in [-0.39, 0.29) is 10.6 Å². The number of hydrogen-bond donors (Lipinski definition) is 0. The van der Waals surface area contributed by atoms with Gasteiger partial charge in [0.2, 0.25) is 0 Å². The SMILES string of the molecule is CCc1cn(Cn2ccc3cc([N+](=O)[O-])ccc32)nn1. The number of fused-ring (bicyclic) bond motifs is 1. The molecule has 0 aliphatic heterocycles. The third-order valence-electron chi connectivity index (χ3n) is 3.21. The predicted molar refractivity (Wildman–Crippen MR) is 73.4 cm³/mol. The summed E-state index contributed by atoms with van der Waals surface area (Å²) in [4.78, 5) is 10.4. The van der Waals surface area contributed by atoms with Crippen molar-refractivity contribution in [1.82, 2.24) is 19.6 Å². The summed E-state index contributed by atoms with van der Waals surface area (Å²) < 4.78 is 3.73. The molecule has 7 nitrogen and oxygen atoms in total. The van der Waals surface area contributed by atoms with Crippen molar-refractivity contribution in [2.24, 2.45) is 0 Å². The third-order valence-corrected chi connectivity index (χ3v) is 3.21. The molecule has 20 heavy (non-hydrogen) atoms. The van der Waals surface area contributed by atoms with Gasteiger partial charge in [0.05, 0.1) is 22.3 Å². The van der Waals surface area contributed by atoms with Gasteiger partial charge in [0.1, 0.15) is 6.67 Å². The molecule has 0 saturated carbocycles. The summed E-state index contributed by atoms with van der Waals surface area (Å²) in [6, 6.07) is 6.70. The van der Waals surface area contributed by atoms with Gasteiger partial charge in [-0.1, -0.05) is 12.1 Å². The summed E-state index contributed by atoms with van der Waals surface area (Å²) in [7, 11) is 0. The lowest BCUT2D eigenvalue weighted by Crippen LogP contribution is -2.07. The van der Waals surface area contributed by atoms with Crippen molar-refractivity contribution in [1.29, 1.82) is 0 Å². The lowest BCUT2D eigenvalue weighted by Gasteiger charge is -2.04. The Kier molecular flexibility index (Phi) is 2.94. The Balaban J connectivity index is 1.94. The summed E-state index contributed by atoms with van der Waals surface area (Å²) in [5.41, 5.74) is 1.98. The second-order valence-corrected chi connectivity index (χ2v) is 4.53. The van der Waals surface area contributed by atoms with E-state index < -0.39 is 0 Å². The van der Waals surface area contributed by atoms with E-state index >= 15 is 0 Å². The monoisotopic (exact) mass is 271 g/mol. The van der Waals surface area contributed by atoms with Gasteiger partial charge in [-0.25, -0.2) is 4.68 Å². The minimum Gasteiger partial charge on any atom is -0.327 e. The molecule has 0 spiro atoms. The van der Waals surface area contributed by atoms with E-state index in [0.717, 1.165) is 23.0 Å². The number of non-ortho nitro benzene ring substituents is 1. The molecular formula is C13H13N5O2. The second-order valence-electron chi connectivity index (χ2n) is 4.53. The van der Waals surface area contributed by atoms with Gasteiger partial charge >= 0.3 is 0 Å². The highest BCUT2D eigenvalue weighted by Gasteiger charge is 2.09. The Morgan fingerprint density at radius 1 is 1.35 bits per heavy atom. The lowest BCUT2D eigenvalue weighted by atomic mass is 10.2. The average Bonchev–Trinajstić information content (AvgIpc) is 3.06. The summed E-state index contributed by atoms with van der Waals surface area (Å²) in [5.74, 6) is 0. The molecule has 7 heteroatoms. The maximum atomic E-state index is 10.8. The van der Waals surface area contributed by atoms with Crippen LogP contribution in [-0.4, -0.2) is 24.5 Å². The van der Waals surface area contributed by atoms with Crippen molar-refractivity contribution in [2.75, 3.05) is 0 Å². The second kappa shape index (κ2) is 4.76. The van der Waals surface area contributed by atoms with Crippen LogP contribution < -0.4 is 0 Å². The quantitative estimate of drug-likeness (QED) is 0.538. The number of aryl methyl sites for hydroxylation is 1. The van der Waals surface area contributed by atoms with Crippen molar-refractivity contribution in [3.8, 4) is 0 Å². The molecule has 0 aliphatic carbocycles. The van der Waals surface area contributed by atoms with Crippen LogP contribution in [-0.2, 0) is 13.1 Å². The topological polar surface area (TPSA) is 78.8 Å². The molecule has 0 bridgehead atoms. The van der Waals surface area contributed by atoms with Crippen molar-refractivity contribution in [2.45, 2.75) is 20.0 Å². The van der Waals surface area contributed by atoms with E-state index in [9.17, 15) is 10.1 Å². The van der Waals surface area contributed by atoms with E-state index in [1.165, 1.54) is 6.07 Å². The molecule has 2 heterocycles. The van der Waals surface area contributed by atoms with Gasteiger partial charge in [0.25, 0.3) is 5.69 Å². The maximum absolute atomic E-state index is 10.8. The first kappa shape index (κ1) is 12.3. The van der Waals surface area contributed by atoms with E-state index in [2.05, 4.69) is 10.3 Å². The van der Waals surface area contributed by atoms with E-state index in [1.807, 2.05) is 30.0 Å². The Morgan fingerprint density at radius 2 is 2.20 bits per heavy atom. The summed E-state index contributed by atoms with van der Waals surface area (Å²) in [5, 5.41) is 19.7. The molecule has 3 aromatic rings. The number of nitro benzene ring substituents is 1. The van der Waals surface area contributed by atoms with Crippen LogP contribution >= 0.6 is 0 Å². The molecule has 0 atom stereocenters. The Hall–Kier alpha value is -2.70. The Morgan fingerprint density at radius 3 is 2.90 bits per heavy atom. The highest BCUT2D eigenvalue weighted by Crippen LogP contribution is 2.21. The first-order valence-electron chi connectivity index (χ1n) is 6.29. The molecule has 0 saturated heterocycles. The standard InChI is InChI=1S/C13H13N5O2/c1-2-11-8-17(15-14-11)9-16-6-5-10-7-12(18(19)20)3-4-13(10)16/h3-8H,2,9H2,1H3. The van der Waals surface area contributed by atoms with Gasteiger partial charge in [0, 0.05) is 23.7 Å². The van der Waals surface area contributed by atoms with Crippen LogP contribution in [0.5, 0.6) is 0 Å². The Labute approximate surface area is 114 Å². The fourth-order valence-corrected chi connectivity index (χ4v) is 2.15. The predicted octanol–water partition coefficient (Wildman–Crippen LogP) is 2.21. The van der Waals surface area contributed by atoms with Crippen molar-refractivity contribution < 1.29 is 4.92 Å². The molecule has 0 aliphatic rings. The normalized spacial score (nSPS) is 11.1. The van der Waals surface area contributed by atoms with E-state index in [1.54, 1.807) is 16.8 Å². The Bertz CT molecular complexity index is 774. The zero-order chi connectivity index (χ0) is 14.1. The summed E-state index contributed by atoms with van der Waals surface area (Å²) in [6.45, 7) is 2.56. The fourth-order valence-electron chi connectivity index (χ4n) is 2.15.